The highest BCUT2D eigenvalue weighted by Gasteiger charge is 2.09. The second-order valence-corrected chi connectivity index (χ2v) is 3.42. The fourth-order valence-electron chi connectivity index (χ4n) is 1.34. The molecule has 0 saturated heterocycles. The Morgan fingerprint density at radius 2 is 2.27 bits per heavy atom. The molecule has 0 saturated carbocycles. The van der Waals surface area contributed by atoms with Crippen molar-refractivity contribution in [2.45, 2.75) is 0 Å². The molecule has 0 aliphatic heterocycles. The van der Waals surface area contributed by atoms with E-state index in [1.54, 1.807) is 25.4 Å². The lowest BCUT2D eigenvalue weighted by molar-refractivity contribution is 0.416. The normalized spacial score (nSPS) is 10.3. The van der Waals surface area contributed by atoms with Crippen LogP contribution in [0.5, 0.6) is 5.75 Å². The Labute approximate surface area is 92.0 Å². The zero-order chi connectivity index (χ0) is 10.8. The lowest BCUT2D eigenvalue weighted by Crippen LogP contribution is -1.92. The molecule has 1 aromatic carbocycles. The molecule has 78 valence electrons. The Morgan fingerprint density at radius 3 is 2.87 bits per heavy atom. The molecule has 1 heterocycles. The predicted octanol–water partition coefficient (Wildman–Crippen LogP) is 2.32. The van der Waals surface area contributed by atoms with E-state index >= 15 is 0 Å². The third-order valence-electron chi connectivity index (χ3n) is 2.03. The van der Waals surface area contributed by atoms with Gasteiger partial charge in [-0.15, -0.1) is 0 Å². The number of nitrogens with one attached hydrogen (secondary N) is 1. The van der Waals surface area contributed by atoms with Crippen molar-refractivity contribution in [2.24, 2.45) is 0 Å². The summed E-state index contributed by atoms with van der Waals surface area (Å²) in [7, 11) is 1.59. The summed E-state index contributed by atoms with van der Waals surface area (Å²) in [5.74, 6) is 1.33. The van der Waals surface area contributed by atoms with Gasteiger partial charge in [0.05, 0.1) is 12.7 Å². The molecule has 0 atom stereocenters. The van der Waals surface area contributed by atoms with Crippen LogP contribution in [0.4, 0.5) is 5.69 Å². The largest absolute Gasteiger partial charge is 0.496 e. The van der Waals surface area contributed by atoms with Gasteiger partial charge in [0.15, 0.2) is 0 Å². The third-order valence-corrected chi connectivity index (χ3v) is 2.22. The number of aromatic amines is 1. The van der Waals surface area contributed by atoms with Gasteiger partial charge in [-0.1, -0.05) is 11.6 Å². The summed E-state index contributed by atoms with van der Waals surface area (Å²) >= 11 is 5.73. The van der Waals surface area contributed by atoms with E-state index in [1.165, 1.54) is 0 Å². The van der Waals surface area contributed by atoms with Crippen LogP contribution in [0.25, 0.3) is 11.4 Å². The molecule has 0 bridgehead atoms. The highest BCUT2D eigenvalue weighted by Crippen LogP contribution is 2.30. The van der Waals surface area contributed by atoms with E-state index in [2.05, 4.69) is 9.97 Å². The number of rotatable bonds is 2. The number of nitrogens with zero attached hydrogens (tertiary/aromatic N) is 1. The fourth-order valence-corrected chi connectivity index (χ4v) is 1.48. The fraction of sp³-hybridized carbons (Fsp3) is 0.100. The predicted molar refractivity (Wildman–Crippen MR) is 60.0 cm³/mol. The third kappa shape index (κ3) is 1.89. The number of hydrogen-bond acceptors (Lipinski definition) is 3. The molecule has 4 nitrogen and oxygen atoms in total. The number of nitrogen functional groups attached to an aromatic ring is 1. The van der Waals surface area contributed by atoms with Crippen molar-refractivity contribution in [3.05, 3.63) is 29.5 Å². The van der Waals surface area contributed by atoms with E-state index in [1.807, 2.05) is 6.07 Å². The van der Waals surface area contributed by atoms with Gasteiger partial charge in [0.1, 0.15) is 16.7 Å². The summed E-state index contributed by atoms with van der Waals surface area (Å²) in [5.41, 5.74) is 7.13. The Balaban J connectivity index is 2.52. The Morgan fingerprint density at radius 1 is 1.47 bits per heavy atom. The molecule has 0 spiro atoms. The second-order valence-electron chi connectivity index (χ2n) is 3.03. The number of hydrogen-bond donors (Lipinski definition) is 2. The van der Waals surface area contributed by atoms with Crippen molar-refractivity contribution in [2.75, 3.05) is 12.8 Å². The van der Waals surface area contributed by atoms with E-state index < -0.39 is 0 Å². The van der Waals surface area contributed by atoms with Gasteiger partial charge >= 0.3 is 0 Å². The number of anilines is 1. The highest BCUT2D eigenvalue weighted by molar-refractivity contribution is 6.29. The van der Waals surface area contributed by atoms with E-state index in [9.17, 15) is 0 Å². The summed E-state index contributed by atoms with van der Waals surface area (Å²) < 4.78 is 5.21. The minimum Gasteiger partial charge on any atom is -0.496 e. The standard InChI is InChI=1S/C10H10ClN3O/c1-15-8-4-6(12)2-3-7(8)10-13-5-9(11)14-10/h2-5H,12H2,1H3,(H,13,14). The van der Waals surface area contributed by atoms with Crippen LogP contribution in [0.15, 0.2) is 24.4 Å². The van der Waals surface area contributed by atoms with Crippen LogP contribution in [0.2, 0.25) is 5.15 Å². The van der Waals surface area contributed by atoms with E-state index in [-0.39, 0.29) is 0 Å². The van der Waals surface area contributed by atoms with E-state index in [4.69, 9.17) is 22.1 Å². The first-order chi connectivity index (χ1) is 7.20. The van der Waals surface area contributed by atoms with Crippen molar-refractivity contribution >= 4 is 17.3 Å². The second kappa shape index (κ2) is 3.82. The van der Waals surface area contributed by atoms with Crippen LogP contribution < -0.4 is 10.5 Å². The molecule has 0 unspecified atom stereocenters. The molecular formula is C10H10ClN3O. The maximum atomic E-state index is 5.73. The summed E-state index contributed by atoms with van der Waals surface area (Å²) in [5, 5.41) is 0.420. The molecule has 0 amide bonds. The minimum absolute atomic E-state index is 0.420. The first-order valence-corrected chi connectivity index (χ1v) is 4.73. The first-order valence-electron chi connectivity index (χ1n) is 4.35. The number of benzene rings is 1. The number of methoxy groups -OCH3 is 1. The molecular weight excluding hydrogens is 214 g/mol. The molecule has 5 heteroatoms. The minimum atomic E-state index is 0.420. The first kappa shape index (κ1) is 9.86. The molecule has 15 heavy (non-hydrogen) atoms. The molecule has 0 aliphatic carbocycles. The van der Waals surface area contributed by atoms with Gasteiger partial charge in [0.2, 0.25) is 0 Å². The number of halogens is 1. The van der Waals surface area contributed by atoms with Gasteiger partial charge in [-0.3, -0.25) is 0 Å². The number of H-pyrrole nitrogens is 1. The monoisotopic (exact) mass is 223 g/mol. The molecule has 0 fully saturated rings. The summed E-state index contributed by atoms with van der Waals surface area (Å²) in [6.45, 7) is 0. The van der Waals surface area contributed by atoms with Gasteiger partial charge in [0.25, 0.3) is 0 Å². The van der Waals surface area contributed by atoms with Crippen LogP contribution in [0, 0.1) is 0 Å². The lowest BCUT2D eigenvalue weighted by atomic mass is 10.1. The molecule has 2 rings (SSSR count). The van der Waals surface area contributed by atoms with Crippen LogP contribution in [-0.2, 0) is 0 Å². The van der Waals surface area contributed by atoms with Gasteiger partial charge in [0, 0.05) is 18.0 Å². The maximum absolute atomic E-state index is 5.73. The lowest BCUT2D eigenvalue weighted by Gasteiger charge is -2.06. The van der Waals surface area contributed by atoms with Crippen molar-refractivity contribution < 1.29 is 4.74 Å². The average Bonchev–Trinajstić information content (AvgIpc) is 2.64. The topological polar surface area (TPSA) is 63.9 Å². The summed E-state index contributed by atoms with van der Waals surface area (Å²) in [6, 6.07) is 5.36. The molecule has 2 aromatic rings. The molecule has 0 radical (unpaired) electrons. The van der Waals surface area contributed by atoms with Crippen LogP contribution >= 0.6 is 11.6 Å². The highest BCUT2D eigenvalue weighted by atomic mass is 35.5. The summed E-state index contributed by atoms with van der Waals surface area (Å²) in [6.07, 6.45) is 1.62. The maximum Gasteiger partial charge on any atom is 0.147 e. The smallest absolute Gasteiger partial charge is 0.147 e. The van der Waals surface area contributed by atoms with Crippen LogP contribution in [-0.4, -0.2) is 17.1 Å². The Hall–Kier alpha value is -1.68. The van der Waals surface area contributed by atoms with Crippen LogP contribution in [0.1, 0.15) is 0 Å². The Bertz CT molecular complexity index is 481. The zero-order valence-electron chi connectivity index (χ0n) is 8.12. The summed E-state index contributed by atoms with van der Waals surface area (Å²) in [4.78, 5) is 7.06. The number of aromatic nitrogens is 2. The molecule has 3 N–H and O–H groups in total. The molecule has 0 aliphatic rings. The Kier molecular flexibility index (Phi) is 2.51. The van der Waals surface area contributed by atoms with Gasteiger partial charge < -0.3 is 15.5 Å². The van der Waals surface area contributed by atoms with Gasteiger partial charge in [-0.25, -0.2) is 4.98 Å². The van der Waals surface area contributed by atoms with Gasteiger partial charge in [-0.05, 0) is 12.1 Å². The van der Waals surface area contributed by atoms with E-state index in [0.29, 0.717) is 22.4 Å². The number of imidazole rings is 1. The average molecular weight is 224 g/mol. The van der Waals surface area contributed by atoms with Crippen molar-refractivity contribution in [3.63, 3.8) is 0 Å². The number of ether oxygens (including phenoxy) is 1. The zero-order valence-corrected chi connectivity index (χ0v) is 8.88. The quantitative estimate of drug-likeness (QED) is 0.768. The number of nitrogens with two attached hydrogens (primary N) is 1. The van der Waals surface area contributed by atoms with E-state index in [0.717, 1.165) is 5.56 Å². The van der Waals surface area contributed by atoms with Gasteiger partial charge in [-0.2, -0.15) is 0 Å². The van der Waals surface area contributed by atoms with Crippen molar-refractivity contribution in [1.29, 1.82) is 0 Å². The van der Waals surface area contributed by atoms with Crippen molar-refractivity contribution in [3.8, 4) is 17.1 Å². The van der Waals surface area contributed by atoms with Crippen molar-refractivity contribution in [1.82, 2.24) is 9.97 Å². The SMILES string of the molecule is COc1cc(N)ccc1-c1nc(Cl)c[nH]1. The van der Waals surface area contributed by atoms with Crippen LogP contribution in [0.3, 0.4) is 0 Å². The molecule has 1 aromatic heterocycles.